The lowest BCUT2D eigenvalue weighted by Gasteiger charge is -2.22. The minimum absolute atomic E-state index is 0.00931. The minimum Gasteiger partial charge on any atom is -0.496 e. The molecule has 5 nitrogen and oxygen atoms in total. The van der Waals surface area contributed by atoms with Gasteiger partial charge in [-0.15, -0.1) is 0 Å². The molecule has 1 aromatic carbocycles. The fraction of sp³-hybridized carbons (Fsp3) is 0.562. The summed E-state index contributed by atoms with van der Waals surface area (Å²) < 4.78 is 10.7. The summed E-state index contributed by atoms with van der Waals surface area (Å²) in [5.74, 6) is 1.73. The van der Waals surface area contributed by atoms with E-state index in [0.717, 1.165) is 18.5 Å². The molecular formula is C16H24N2O3. The van der Waals surface area contributed by atoms with Crippen molar-refractivity contribution in [2.45, 2.75) is 26.3 Å². The van der Waals surface area contributed by atoms with Gasteiger partial charge in [0.1, 0.15) is 11.5 Å². The van der Waals surface area contributed by atoms with Crippen LogP contribution >= 0.6 is 0 Å². The number of carbonyl (C=O) groups is 1. The van der Waals surface area contributed by atoms with Crippen LogP contribution in [0.3, 0.4) is 0 Å². The van der Waals surface area contributed by atoms with Gasteiger partial charge in [-0.2, -0.15) is 0 Å². The lowest BCUT2D eigenvalue weighted by molar-refractivity contribution is 0.0742. The van der Waals surface area contributed by atoms with E-state index in [1.807, 2.05) is 11.8 Å². The summed E-state index contributed by atoms with van der Waals surface area (Å²) in [6, 6.07) is 3.77. The molecule has 2 atom stereocenters. The third-order valence-corrected chi connectivity index (χ3v) is 4.25. The highest BCUT2D eigenvalue weighted by Gasteiger charge is 2.32. The second-order valence-electron chi connectivity index (χ2n) is 5.65. The zero-order valence-electron chi connectivity index (χ0n) is 13.2. The second kappa shape index (κ2) is 6.35. The first-order chi connectivity index (χ1) is 10.0. The number of methoxy groups -OCH3 is 2. The molecule has 2 rings (SSSR count). The van der Waals surface area contributed by atoms with Crippen molar-refractivity contribution >= 4 is 5.91 Å². The molecule has 1 aliphatic heterocycles. The average molecular weight is 292 g/mol. The van der Waals surface area contributed by atoms with Gasteiger partial charge in [-0.1, -0.05) is 0 Å². The number of hydrogen-bond donors (Lipinski definition) is 1. The maximum atomic E-state index is 12.7. The van der Waals surface area contributed by atoms with Crippen molar-refractivity contribution in [1.29, 1.82) is 0 Å². The smallest absolute Gasteiger partial charge is 0.254 e. The Labute approximate surface area is 126 Å². The minimum atomic E-state index is 0.00931. The monoisotopic (exact) mass is 292 g/mol. The quantitative estimate of drug-likeness (QED) is 0.919. The Morgan fingerprint density at radius 3 is 2.33 bits per heavy atom. The average Bonchev–Trinajstić information content (AvgIpc) is 2.87. The topological polar surface area (TPSA) is 64.8 Å². The molecule has 1 aliphatic rings. The number of hydrogen-bond acceptors (Lipinski definition) is 4. The van der Waals surface area contributed by atoms with Gasteiger partial charge < -0.3 is 20.1 Å². The molecule has 116 valence electrons. The fourth-order valence-corrected chi connectivity index (χ4v) is 2.97. The van der Waals surface area contributed by atoms with E-state index in [1.54, 1.807) is 26.4 Å². The number of nitrogens with zero attached hydrogens (tertiary/aromatic N) is 1. The Morgan fingerprint density at radius 1 is 1.33 bits per heavy atom. The van der Waals surface area contributed by atoms with Crippen LogP contribution < -0.4 is 15.2 Å². The third kappa shape index (κ3) is 2.97. The van der Waals surface area contributed by atoms with Gasteiger partial charge in [-0.05, 0) is 44.9 Å². The molecule has 21 heavy (non-hydrogen) atoms. The first-order valence-corrected chi connectivity index (χ1v) is 7.25. The maximum absolute atomic E-state index is 12.7. The molecule has 0 radical (unpaired) electrons. The highest BCUT2D eigenvalue weighted by Crippen LogP contribution is 2.31. The molecule has 1 amide bonds. The summed E-state index contributed by atoms with van der Waals surface area (Å²) in [7, 11) is 3.19. The first-order valence-electron chi connectivity index (χ1n) is 7.25. The summed E-state index contributed by atoms with van der Waals surface area (Å²) in [6.45, 7) is 5.31. The van der Waals surface area contributed by atoms with Crippen LogP contribution in [0, 0.1) is 12.8 Å². The first kappa shape index (κ1) is 15.6. The summed E-state index contributed by atoms with van der Waals surface area (Å²) in [4.78, 5) is 14.6. The zero-order valence-corrected chi connectivity index (χ0v) is 13.2. The molecule has 0 saturated carbocycles. The standard InChI is InChI=1S/C16H24N2O3/c1-10-5-12(8-17)9-18(10)16(19)13-6-14(20-3)11(2)15(7-13)21-4/h6-7,10,12H,5,8-9,17H2,1-4H3. The van der Waals surface area contributed by atoms with Gasteiger partial charge in [0.2, 0.25) is 0 Å². The normalized spacial score (nSPS) is 21.5. The number of benzene rings is 1. The van der Waals surface area contributed by atoms with Gasteiger partial charge in [0.15, 0.2) is 0 Å². The highest BCUT2D eigenvalue weighted by molar-refractivity contribution is 5.95. The number of rotatable bonds is 4. The second-order valence-corrected chi connectivity index (χ2v) is 5.65. The van der Waals surface area contributed by atoms with E-state index >= 15 is 0 Å². The summed E-state index contributed by atoms with van der Waals surface area (Å²) >= 11 is 0. The van der Waals surface area contributed by atoms with Crippen molar-refractivity contribution in [3.05, 3.63) is 23.3 Å². The predicted octanol–water partition coefficient (Wildman–Crippen LogP) is 1.82. The van der Waals surface area contributed by atoms with Gasteiger partial charge in [0.25, 0.3) is 5.91 Å². The molecule has 1 saturated heterocycles. The van der Waals surface area contributed by atoms with Crippen LogP contribution in [0.2, 0.25) is 0 Å². The molecule has 2 unspecified atom stereocenters. The van der Waals surface area contributed by atoms with Crippen molar-refractivity contribution in [3.63, 3.8) is 0 Å². The van der Waals surface area contributed by atoms with Crippen LogP contribution in [0.1, 0.15) is 29.3 Å². The predicted molar refractivity (Wildman–Crippen MR) is 81.9 cm³/mol. The Bertz CT molecular complexity index is 505. The molecule has 5 heteroatoms. The SMILES string of the molecule is COc1cc(C(=O)N2CC(CN)CC2C)cc(OC)c1C. The summed E-state index contributed by atoms with van der Waals surface area (Å²) in [5, 5.41) is 0. The van der Waals surface area contributed by atoms with Gasteiger partial charge >= 0.3 is 0 Å². The molecule has 0 spiro atoms. The Kier molecular flexibility index (Phi) is 4.73. The van der Waals surface area contributed by atoms with Crippen LogP contribution in [0.5, 0.6) is 11.5 Å². The lowest BCUT2D eigenvalue weighted by atomic mass is 10.1. The molecule has 0 aromatic heterocycles. The van der Waals surface area contributed by atoms with Crippen LogP contribution in [-0.2, 0) is 0 Å². The zero-order chi connectivity index (χ0) is 15.6. The van der Waals surface area contributed by atoms with Crippen LogP contribution in [0.15, 0.2) is 12.1 Å². The van der Waals surface area contributed by atoms with E-state index in [2.05, 4.69) is 6.92 Å². The Balaban J connectivity index is 2.31. The summed E-state index contributed by atoms with van der Waals surface area (Å²) in [5.41, 5.74) is 7.22. The van der Waals surface area contributed by atoms with E-state index in [0.29, 0.717) is 29.5 Å². The van der Waals surface area contributed by atoms with Crippen molar-refractivity contribution in [2.24, 2.45) is 11.7 Å². The van der Waals surface area contributed by atoms with Crippen molar-refractivity contribution in [1.82, 2.24) is 4.90 Å². The molecular weight excluding hydrogens is 268 g/mol. The van der Waals surface area contributed by atoms with Gasteiger partial charge in [0.05, 0.1) is 14.2 Å². The van der Waals surface area contributed by atoms with Crippen molar-refractivity contribution in [3.8, 4) is 11.5 Å². The van der Waals surface area contributed by atoms with E-state index in [4.69, 9.17) is 15.2 Å². The molecule has 0 bridgehead atoms. The molecule has 0 aliphatic carbocycles. The highest BCUT2D eigenvalue weighted by atomic mass is 16.5. The molecule has 1 heterocycles. The van der Waals surface area contributed by atoms with Gasteiger partial charge in [0, 0.05) is 23.7 Å². The Morgan fingerprint density at radius 2 is 1.90 bits per heavy atom. The van der Waals surface area contributed by atoms with E-state index in [9.17, 15) is 4.79 Å². The largest absolute Gasteiger partial charge is 0.496 e. The Hall–Kier alpha value is -1.75. The van der Waals surface area contributed by atoms with Gasteiger partial charge in [-0.3, -0.25) is 4.79 Å². The van der Waals surface area contributed by atoms with E-state index < -0.39 is 0 Å². The van der Waals surface area contributed by atoms with Crippen molar-refractivity contribution < 1.29 is 14.3 Å². The van der Waals surface area contributed by atoms with E-state index in [-0.39, 0.29) is 11.9 Å². The number of likely N-dealkylation sites (tertiary alicyclic amines) is 1. The van der Waals surface area contributed by atoms with Crippen molar-refractivity contribution in [2.75, 3.05) is 27.3 Å². The number of amides is 1. The molecule has 1 fully saturated rings. The van der Waals surface area contributed by atoms with Gasteiger partial charge in [-0.25, -0.2) is 0 Å². The van der Waals surface area contributed by atoms with Crippen LogP contribution in [-0.4, -0.2) is 44.2 Å². The lowest BCUT2D eigenvalue weighted by Crippen LogP contribution is -2.34. The molecule has 1 aromatic rings. The number of nitrogens with two attached hydrogens (primary N) is 1. The number of ether oxygens (including phenoxy) is 2. The number of carbonyl (C=O) groups excluding carboxylic acids is 1. The third-order valence-electron chi connectivity index (χ3n) is 4.25. The fourth-order valence-electron chi connectivity index (χ4n) is 2.97. The maximum Gasteiger partial charge on any atom is 0.254 e. The summed E-state index contributed by atoms with van der Waals surface area (Å²) in [6.07, 6.45) is 0.961. The van der Waals surface area contributed by atoms with Crippen LogP contribution in [0.4, 0.5) is 0 Å². The molecule has 2 N–H and O–H groups in total. The van der Waals surface area contributed by atoms with Crippen LogP contribution in [0.25, 0.3) is 0 Å². The van der Waals surface area contributed by atoms with E-state index in [1.165, 1.54) is 0 Å².